The van der Waals surface area contributed by atoms with Crippen molar-refractivity contribution in [3.63, 3.8) is 0 Å². The van der Waals surface area contributed by atoms with Crippen molar-refractivity contribution in [2.24, 2.45) is 13.0 Å². The number of anilines is 1. The Balaban J connectivity index is 1.61. The predicted molar refractivity (Wildman–Crippen MR) is 91.4 cm³/mol. The Morgan fingerprint density at radius 3 is 2.62 bits per heavy atom. The second-order valence-corrected chi connectivity index (χ2v) is 5.87. The molecular formula is C17H21N5O2. The summed E-state index contributed by atoms with van der Waals surface area (Å²) in [6, 6.07) is 11.0. The highest BCUT2D eigenvalue weighted by atomic mass is 16.2. The minimum absolute atomic E-state index is 0.111. The van der Waals surface area contributed by atoms with Crippen LogP contribution in [0.5, 0.6) is 0 Å². The Labute approximate surface area is 140 Å². The van der Waals surface area contributed by atoms with Gasteiger partial charge in [0.05, 0.1) is 5.69 Å². The van der Waals surface area contributed by atoms with Crippen LogP contribution in [0.2, 0.25) is 0 Å². The molecule has 1 saturated heterocycles. The monoisotopic (exact) mass is 327 g/mol. The predicted octanol–water partition coefficient (Wildman–Crippen LogP) is 1.73. The molecule has 7 heteroatoms. The summed E-state index contributed by atoms with van der Waals surface area (Å²) in [7, 11) is 1.81. The van der Waals surface area contributed by atoms with E-state index in [0.29, 0.717) is 5.82 Å². The van der Waals surface area contributed by atoms with Crippen LogP contribution >= 0.6 is 0 Å². The lowest BCUT2D eigenvalue weighted by atomic mass is 9.97. The lowest BCUT2D eigenvalue weighted by molar-refractivity contribution is -0.124. The molecule has 1 aromatic carbocycles. The zero-order valence-corrected chi connectivity index (χ0v) is 13.6. The van der Waals surface area contributed by atoms with Crippen LogP contribution in [0.4, 0.5) is 10.6 Å². The first-order chi connectivity index (χ1) is 11.6. The van der Waals surface area contributed by atoms with Gasteiger partial charge in [0.2, 0.25) is 5.91 Å². The van der Waals surface area contributed by atoms with Gasteiger partial charge < -0.3 is 5.32 Å². The summed E-state index contributed by atoms with van der Waals surface area (Å²) in [5.74, 6) is 0.0702. The smallest absolute Gasteiger partial charge is 0.317 e. The molecule has 3 amide bonds. The number of hydrogen-bond acceptors (Lipinski definition) is 4. The van der Waals surface area contributed by atoms with Crippen molar-refractivity contribution < 1.29 is 9.59 Å². The molecule has 1 aromatic heterocycles. The largest absolute Gasteiger partial charge is 0.327 e. The number of benzene rings is 1. The maximum absolute atomic E-state index is 12.1. The van der Waals surface area contributed by atoms with E-state index in [9.17, 15) is 9.59 Å². The standard InChI is InChI=1S/C17H21N5O2/c1-22-14(12-5-3-2-4-6-12)11-15(21-22)19-17(24)20-16(23)13-7-9-18-10-8-13/h2-6,11,13,18H,7-10H2,1H3,(H2,19,20,21,23,24). The number of nitrogens with one attached hydrogen (secondary N) is 3. The van der Waals surface area contributed by atoms with Gasteiger partial charge >= 0.3 is 6.03 Å². The van der Waals surface area contributed by atoms with Gasteiger partial charge in [-0.25, -0.2) is 4.79 Å². The van der Waals surface area contributed by atoms with E-state index in [0.717, 1.165) is 37.2 Å². The van der Waals surface area contributed by atoms with Gasteiger partial charge in [0.25, 0.3) is 0 Å². The van der Waals surface area contributed by atoms with Gasteiger partial charge in [0.1, 0.15) is 0 Å². The van der Waals surface area contributed by atoms with Crippen LogP contribution < -0.4 is 16.0 Å². The van der Waals surface area contributed by atoms with Gasteiger partial charge in [-0.1, -0.05) is 30.3 Å². The molecule has 0 saturated carbocycles. The number of nitrogens with zero attached hydrogens (tertiary/aromatic N) is 2. The van der Waals surface area contributed by atoms with E-state index in [1.165, 1.54) is 0 Å². The maximum Gasteiger partial charge on any atom is 0.327 e. The zero-order chi connectivity index (χ0) is 16.9. The summed E-state index contributed by atoms with van der Waals surface area (Å²) in [6.07, 6.45) is 1.50. The number of hydrogen-bond donors (Lipinski definition) is 3. The number of carbonyl (C=O) groups is 2. The average molecular weight is 327 g/mol. The summed E-state index contributed by atoms with van der Waals surface area (Å²) in [5, 5.41) is 12.5. The van der Waals surface area contributed by atoms with Gasteiger partial charge in [0.15, 0.2) is 5.82 Å². The highest BCUT2D eigenvalue weighted by molar-refractivity contribution is 6.01. The molecule has 0 aliphatic carbocycles. The molecule has 0 radical (unpaired) electrons. The summed E-state index contributed by atoms with van der Waals surface area (Å²) < 4.78 is 1.69. The fourth-order valence-corrected chi connectivity index (χ4v) is 2.85. The molecular weight excluding hydrogens is 306 g/mol. The topological polar surface area (TPSA) is 88.1 Å². The van der Waals surface area contributed by atoms with E-state index >= 15 is 0 Å². The summed E-state index contributed by atoms with van der Waals surface area (Å²) in [4.78, 5) is 24.1. The third-order valence-electron chi connectivity index (χ3n) is 4.14. The summed E-state index contributed by atoms with van der Waals surface area (Å²) >= 11 is 0. The number of aryl methyl sites for hydroxylation is 1. The molecule has 3 N–H and O–H groups in total. The molecule has 0 bridgehead atoms. The number of amides is 3. The SMILES string of the molecule is Cn1nc(NC(=O)NC(=O)C2CCNCC2)cc1-c1ccccc1. The highest BCUT2D eigenvalue weighted by Crippen LogP contribution is 2.21. The van der Waals surface area contributed by atoms with E-state index in [1.54, 1.807) is 10.7 Å². The number of aromatic nitrogens is 2. The second-order valence-electron chi connectivity index (χ2n) is 5.87. The van der Waals surface area contributed by atoms with Crippen LogP contribution in [0.1, 0.15) is 12.8 Å². The van der Waals surface area contributed by atoms with Crippen molar-refractivity contribution in [2.75, 3.05) is 18.4 Å². The van der Waals surface area contributed by atoms with Gasteiger partial charge in [-0.15, -0.1) is 0 Å². The van der Waals surface area contributed by atoms with Crippen molar-refractivity contribution in [2.45, 2.75) is 12.8 Å². The fraction of sp³-hybridized carbons (Fsp3) is 0.353. The van der Waals surface area contributed by atoms with Crippen molar-refractivity contribution in [3.8, 4) is 11.3 Å². The first-order valence-electron chi connectivity index (χ1n) is 8.05. The molecule has 3 rings (SSSR count). The summed E-state index contributed by atoms with van der Waals surface area (Å²) in [5.41, 5.74) is 1.89. The third-order valence-corrected chi connectivity index (χ3v) is 4.14. The van der Waals surface area contributed by atoms with E-state index < -0.39 is 6.03 Å². The molecule has 2 heterocycles. The van der Waals surface area contributed by atoms with Gasteiger partial charge in [-0.3, -0.25) is 20.1 Å². The van der Waals surface area contributed by atoms with Gasteiger partial charge in [0, 0.05) is 19.0 Å². The molecule has 7 nitrogen and oxygen atoms in total. The normalized spacial score (nSPS) is 15.0. The number of rotatable bonds is 3. The Bertz CT molecular complexity index is 720. The maximum atomic E-state index is 12.1. The van der Waals surface area contributed by atoms with Crippen molar-refractivity contribution in [3.05, 3.63) is 36.4 Å². The van der Waals surface area contributed by atoms with Crippen LogP contribution in [0, 0.1) is 5.92 Å². The first-order valence-corrected chi connectivity index (χ1v) is 8.05. The van der Waals surface area contributed by atoms with Crippen LogP contribution in [0.25, 0.3) is 11.3 Å². The van der Waals surface area contributed by atoms with E-state index in [1.807, 2.05) is 37.4 Å². The number of imide groups is 1. The van der Waals surface area contributed by atoms with Gasteiger partial charge in [-0.05, 0) is 31.5 Å². The average Bonchev–Trinajstić information content (AvgIpc) is 2.96. The Kier molecular flexibility index (Phi) is 4.90. The minimum Gasteiger partial charge on any atom is -0.317 e. The number of urea groups is 1. The Hall–Kier alpha value is -2.67. The lowest BCUT2D eigenvalue weighted by Gasteiger charge is -2.21. The van der Waals surface area contributed by atoms with Crippen LogP contribution in [-0.2, 0) is 11.8 Å². The van der Waals surface area contributed by atoms with E-state index in [-0.39, 0.29) is 11.8 Å². The minimum atomic E-state index is -0.545. The van der Waals surface area contributed by atoms with Crippen molar-refractivity contribution in [1.29, 1.82) is 0 Å². The second kappa shape index (κ2) is 7.27. The third kappa shape index (κ3) is 3.80. The number of piperidine rings is 1. The highest BCUT2D eigenvalue weighted by Gasteiger charge is 2.22. The molecule has 24 heavy (non-hydrogen) atoms. The molecule has 1 aliphatic heterocycles. The van der Waals surface area contributed by atoms with Gasteiger partial charge in [-0.2, -0.15) is 5.10 Å². The quantitative estimate of drug-likeness (QED) is 0.801. The Morgan fingerprint density at radius 2 is 1.92 bits per heavy atom. The zero-order valence-electron chi connectivity index (χ0n) is 13.6. The molecule has 0 spiro atoms. The number of carbonyl (C=O) groups excluding carboxylic acids is 2. The molecule has 126 valence electrons. The van der Waals surface area contributed by atoms with E-state index in [4.69, 9.17) is 0 Å². The molecule has 1 aliphatic rings. The molecule has 0 unspecified atom stereocenters. The first kappa shape index (κ1) is 16.2. The Morgan fingerprint density at radius 1 is 1.21 bits per heavy atom. The lowest BCUT2D eigenvalue weighted by Crippen LogP contribution is -2.42. The van der Waals surface area contributed by atoms with E-state index in [2.05, 4.69) is 21.0 Å². The molecule has 0 atom stereocenters. The van der Waals surface area contributed by atoms with Crippen LogP contribution in [0.15, 0.2) is 36.4 Å². The van der Waals surface area contributed by atoms with Crippen molar-refractivity contribution in [1.82, 2.24) is 20.4 Å². The van der Waals surface area contributed by atoms with Crippen LogP contribution in [-0.4, -0.2) is 34.8 Å². The van der Waals surface area contributed by atoms with Crippen LogP contribution in [0.3, 0.4) is 0 Å². The molecule has 2 aromatic rings. The van der Waals surface area contributed by atoms with Crippen molar-refractivity contribution >= 4 is 17.8 Å². The summed E-state index contributed by atoms with van der Waals surface area (Å²) in [6.45, 7) is 1.61. The fourth-order valence-electron chi connectivity index (χ4n) is 2.85. The molecule has 1 fully saturated rings.